The normalized spacial score (nSPS) is 19.8. The maximum Gasteiger partial charge on any atom is 0.339 e. The summed E-state index contributed by atoms with van der Waals surface area (Å²) in [5, 5.41) is 18.1. The Bertz CT molecular complexity index is 451. The van der Waals surface area contributed by atoms with Gasteiger partial charge in [-0.25, -0.2) is 4.79 Å². The maximum absolute atomic E-state index is 11.0. The molecule has 0 aromatic heterocycles. The largest absolute Gasteiger partial charge is 0.491 e. The molecule has 0 aliphatic carbocycles. The number of hydrogen-bond donors (Lipinski definition) is 2. The maximum atomic E-state index is 11.0. The third kappa shape index (κ3) is 3.93. The molecule has 1 unspecified atom stereocenters. The summed E-state index contributed by atoms with van der Waals surface area (Å²) >= 11 is 0. The van der Waals surface area contributed by atoms with Crippen LogP contribution in [0.4, 0.5) is 0 Å². The Kier molecular flexibility index (Phi) is 5.34. The Morgan fingerprint density at radius 2 is 2.25 bits per heavy atom. The Labute approximate surface area is 117 Å². The van der Waals surface area contributed by atoms with Crippen molar-refractivity contribution >= 4 is 5.97 Å². The number of carboxylic acids is 1. The van der Waals surface area contributed by atoms with Crippen LogP contribution in [0.25, 0.3) is 0 Å². The lowest BCUT2D eigenvalue weighted by atomic mass is 10.2. The summed E-state index contributed by atoms with van der Waals surface area (Å²) in [4.78, 5) is 13.2. The average Bonchev–Trinajstić information content (AvgIpc) is 2.48. The van der Waals surface area contributed by atoms with Crippen LogP contribution in [-0.2, 0) is 4.74 Å². The van der Waals surface area contributed by atoms with Gasteiger partial charge in [0, 0.05) is 19.6 Å². The number of benzene rings is 1. The summed E-state index contributed by atoms with van der Waals surface area (Å²) in [6.07, 6.45) is -0.143. The molecule has 0 radical (unpaired) electrons. The van der Waals surface area contributed by atoms with Crippen molar-refractivity contribution in [2.75, 3.05) is 39.5 Å². The van der Waals surface area contributed by atoms with Crippen LogP contribution < -0.4 is 4.74 Å². The number of rotatable bonds is 6. The third-order valence-electron chi connectivity index (χ3n) is 3.21. The van der Waals surface area contributed by atoms with Crippen LogP contribution in [0.3, 0.4) is 0 Å². The van der Waals surface area contributed by atoms with Crippen LogP contribution in [0.5, 0.6) is 5.75 Å². The van der Waals surface area contributed by atoms with Gasteiger partial charge in [0.2, 0.25) is 0 Å². The number of ether oxygens (including phenoxy) is 2. The predicted octanol–water partition coefficient (Wildman–Crippen LogP) is 0.457. The van der Waals surface area contributed by atoms with E-state index in [4.69, 9.17) is 19.7 Å². The van der Waals surface area contributed by atoms with E-state index in [1.807, 2.05) is 0 Å². The van der Waals surface area contributed by atoms with E-state index >= 15 is 0 Å². The van der Waals surface area contributed by atoms with E-state index in [9.17, 15) is 4.79 Å². The highest BCUT2D eigenvalue weighted by Gasteiger charge is 2.19. The molecular weight excluding hydrogens is 262 g/mol. The molecule has 2 N–H and O–H groups in total. The smallest absolute Gasteiger partial charge is 0.339 e. The molecule has 110 valence electrons. The molecule has 1 fully saturated rings. The van der Waals surface area contributed by atoms with E-state index in [1.165, 1.54) is 6.07 Å². The number of carbonyl (C=O) groups is 1. The first-order valence-corrected chi connectivity index (χ1v) is 6.60. The summed E-state index contributed by atoms with van der Waals surface area (Å²) in [7, 11) is 0. The van der Waals surface area contributed by atoms with E-state index in [0.717, 1.165) is 6.54 Å². The lowest BCUT2D eigenvalue weighted by Crippen LogP contribution is -2.45. The van der Waals surface area contributed by atoms with E-state index < -0.39 is 5.97 Å². The van der Waals surface area contributed by atoms with Gasteiger partial charge in [0.15, 0.2) is 0 Å². The number of aromatic carboxylic acids is 1. The number of hydrogen-bond acceptors (Lipinski definition) is 5. The first-order valence-electron chi connectivity index (χ1n) is 6.60. The van der Waals surface area contributed by atoms with Gasteiger partial charge < -0.3 is 19.7 Å². The van der Waals surface area contributed by atoms with Gasteiger partial charge in [-0.2, -0.15) is 0 Å². The van der Waals surface area contributed by atoms with E-state index in [2.05, 4.69) is 4.90 Å². The minimum absolute atomic E-state index is 0.0131. The highest BCUT2D eigenvalue weighted by molar-refractivity contribution is 5.90. The van der Waals surface area contributed by atoms with Crippen LogP contribution in [0, 0.1) is 0 Å². The van der Waals surface area contributed by atoms with Crippen molar-refractivity contribution in [2.45, 2.75) is 6.10 Å². The number of carboxylic acid groups (broad SMARTS) is 1. The Balaban J connectivity index is 1.82. The first kappa shape index (κ1) is 14.8. The fourth-order valence-corrected chi connectivity index (χ4v) is 2.15. The number of aliphatic hydroxyl groups excluding tert-OH is 1. The van der Waals surface area contributed by atoms with Crippen LogP contribution in [-0.4, -0.2) is 66.6 Å². The van der Waals surface area contributed by atoms with Crippen molar-refractivity contribution in [3.63, 3.8) is 0 Å². The number of aliphatic hydroxyl groups is 1. The molecule has 0 saturated carbocycles. The zero-order valence-electron chi connectivity index (χ0n) is 11.2. The Morgan fingerprint density at radius 1 is 1.45 bits per heavy atom. The van der Waals surface area contributed by atoms with Crippen LogP contribution >= 0.6 is 0 Å². The lowest BCUT2D eigenvalue weighted by molar-refractivity contribution is -0.0547. The Morgan fingerprint density at radius 3 is 3.00 bits per heavy atom. The molecule has 0 spiro atoms. The molecule has 1 heterocycles. The second kappa shape index (κ2) is 7.23. The summed E-state index contributed by atoms with van der Waals surface area (Å²) in [6, 6.07) is 6.59. The highest BCUT2D eigenvalue weighted by atomic mass is 16.5. The van der Waals surface area contributed by atoms with Gasteiger partial charge in [-0.15, -0.1) is 0 Å². The molecule has 2 rings (SSSR count). The molecule has 1 aliphatic heterocycles. The molecule has 6 nitrogen and oxygen atoms in total. The van der Waals surface area contributed by atoms with Crippen molar-refractivity contribution in [3.8, 4) is 5.75 Å². The summed E-state index contributed by atoms with van der Waals surface area (Å²) in [5.41, 5.74) is 0.169. The van der Waals surface area contributed by atoms with Gasteiger partial charge in [-0.3, -0.25) is 4.90 Å². The number of para-hydroxylation sites is 1. The minimum atomic E-state index is -0.993. The van der Waals surface area contributed by atoms with Gasteiger partial charge in [-0.05, 0) is 12.1 Å². The summed E-state index contributed by atoms with van der Waals surface area (Å²) in [5.74, 6) is -0.612. The van der Waals surface area contributed by atoms with Crippen molar-refractivity contribution in [2.24, 2.45) is 0 Å². The second-order valence-corrected chi connectivity index (χ2v) is 4.63. The number of morpholine rings is 1. The molecule has 20 heavy (non-hydrogen) atoms. The summed E-state index contributed by atoms with van der Waals surface area (Å²) < 4.78 is 10.9. The van der Waals surface area contributed by atoms with E-state index in [0.29, 0.717) is 32.1 Å². The zero-order chi connectivity index (χ0) is 14.4. The second-order valence-electron chi connectivity index (χ2n) is 4.63. The van der Waals surface area contributed by atoms with Crippen LogP contribution in [0.1, 0.15) is 10.4 Å². The minimum Gasteiger partial charge on any atom is -0.491 e. The Hall–Kier alpha value is -1.63. The van der Waals surface area contributed by atoms with E-state index in [1.54, 1.807) is 18.2 Å². The van der Waals surface area contributed by atoms with Gasteiger partial charge in [0.1, 0.15) is 17.9 Å². The molecule has 0 amide bonds. The zero-order valence-corrected chi connectivity index (χ0v) is 11.2. The first-order chi connectivity index (χ1) is 9.70. The topological polar surface area (TPSA) is 79.2 Å². The SMILES string of the molecule is O=C(O)c1ccccc1OCCN1CCOC(CO)C1. The van der Waals surface area contributed by atoms with Crippen molar-refractivity contribution in [1.29, 1.82) is 0 Å². The van der Waals surface area contributed by atoms with Gasteiger partial charge >= 0.3 is 5.97 Å². The van der Waals surface area contributed by atoms with Crippen LogP contribution in [0.2, 0.25) is 0 Å². The molecule has 0 bridgehead atoms. The summed E-state index contributed by atoms with van der Waals surface area (Å²) in [6.45, 7) is 3.15. The monoisotopic (exact) mass is 281 g/mol. The molecule has 6 heteroatoms. The fraction of sp³-hybridized carbons (Fsp3) is 0.500. The lowest BCUT2D eigenvalue weighted by Gasteiger charge is -2.31. The molecule has 1 saturated heterocycles. The van der Waals surface area contributed by atoms with E-state index in [-0.39, 0.29) is 18.3 Å². The van der Waals surface area contributed by atoms with Crippen molar-refractivity contribution in [1.82, 2.24) is 4.90 Å². The van der Waals surface area contributed by atoms with Crippen molar-refractivity contribution in [3.05, 3.63) is 29.8 Å². The molecule has 1 aliphatic rings. The highest BCUT2D eigenvalue weighted by Crippen LogP contribution is 2.17. The quantitative estimate of drug-likeness (QED) is 0.788. The third-order valence-corrected chi connectivity index (χ3v) is 3.21. The molecule has 1 aromatic rings. The van der Waals surface area contributed by atoms with Gasteiger partial charge in [-0.1, -0.05) is 12.1 Å². The molecular formula is C14H19NO5. The van der Waals surface area contributed by atoms with Crippen molar-refractivity contribution < 1.29 is 24.5 Å². The average molecular weight is 281 g/mol. The predicted molar refractivity (Wildman–Crippen MR) is 72.2 cm³/mol. The standard InChI is InChI=1S/C14H19NO5/c16-10-11-9-15(5-7-19-11)6-8-20-13-4-2-1-3-12(13)14(17)18/h1-4,11,16H,5-10H2,(H,17,18). The molecule has 1 atom stereocenters. The van der Waals surface area contributed by atoms with Gasteiger partial charge in [0.25, 0.3) is 0 Å². The fourth-order valence-electron chi connectivity index (χ4n) is 2.15. The van der Waals surface area contributed by atoms with Crippen LogP contribution in [0.15, 0.2) is 24.3 Å². The van der Waals surface area contributed by atoms with Gasteiger partial charge in [0.05, 0.1) is 19.3 Å². The molecule has 1 aromatic carbocycles. The number of nitrogens with zero attached hydrogens (tertiary/aromatic N) is 1.